The lowest BCUT2D eigenvalue weighted by Gasteiger charge is -2.33. The number of nitrogens with one attached hydrogen (secondary N) is 1. The van der Waals surface area contributed by atoms with E-state index in [0.717, 1.165) is 30.7 Å². The van der Waals surface area contributed by atoms with E-state index in [1.807, 2.05) is 4.90 Å². The molecule has 2 rings (SSSR count). The van der Waals surface area contributed by atoms with Crippen molar-refractivity contribution in [1.82, 2.24) is 14.8 Å². The topological polar surface area (TPSA) is 74.8 Å². The van der Waals surface area contributed by atoms with Crippen molar-refractivity contribution in [3.63, 3.8) is 0 Å². The Balaban J connectivity index is 1.73. The maximum atomic E-state index is 12.0. The van der Waals surface area contributed by atoms with Crippen molar-refractivity contribution in [3.8, 4) is 0 Å². The highest BCUT2D eigenvalue weighted by atomic mass is 79.9. The number of piperazine rings is 1. The highest BCUT2D eigenvalue weighted by Crippen LogP contribution is 2.12. The van der Waals surface area contributed by atoms with Crippen molar-refractivity contribution in [2.24, 2.45) is 0 Å². The summed E-state index contributed by atoms with van der Waals surface area (Å²) >= 11 is 3.34. The molecule has 1 aliphatic heterocycles. The Bertz CT molecular complexity index is 533. The highest BCUT2D eigenvalue weighted by molar-refractivity contribution is 9.10. The van der Waals surface area contributed by atoms with Gasteiger partial charge < -0.3 is 10.1 Å². The Hall–Kier alpha value is -1.51. The molecule has 1 N–H and O–H groups in total. The molecule has 0 atom stereocenters. The summed E-state index contributed by atoms with van der Waals surface area (Å²) in [6.07, 6.45) is 1.63. The van der Waals surface area contributed by atoms with Gasteiger partial charge in [-0.2, -0.15) is 0 Å². The summed E-state index contributed by atoms with van der Waals surface area (Å²) in [4.78, 5) is 31.4. The zero-order valence-corrected chi connectivity index (χ0v) is 14.0. The first-order chi connectivity index (χ1) is 10.6. The fourth-order valence-electron chi connectivity index (χ4n) is 2.21. The van der Waals surface area contributed by atoms with Crippen LogP contribution in [0.1, 0.15) is 0 Å². The Morgan fingerprint density at radius 2 is 1.91 bits per heavy atom. The van der Waals surface area contributed by atoms with E-state index in [-0.39, 0.29) is 11.9 Å². The average molecular weight is 371 g/mol. The number of carbonyl (C=O) groups is 2. The Morgan fingerprint density at radius 1 is 1.27 bits per heavy atom. The molecule has 1 aromatic rings. The van der Waals surface area contributed by atoms with Crippen molar-refractivity contribution >= 4 is 33.6 Å². The first kappa shape index (κ1) is 16.9. The molecular weight excluding hydrogens is 352 g/mol. The summed E-state index contributed by atoms with van der Waals surface area (Å²) in [6, 6.07) is 3.56. The van der Waals surface area contributed by atoms with Gasteiger partial charge in [-0.1, -0.05) is 15.9 Å². The molecule has 1 amide bonds. The number of methoxy groups -OCH3 is 1. The standard InChI is InChI=1S/C14H19BrN4O3/c1-22-14(21)10-19-6-4-18(5-7-19)9-13(20)17-12-8-11(15)2-3-16-12/h2-3,8H,4-7,9-10H2,1H3,(H,16,17,20). The van der Waals surface area contributed by atoms with Gasteiger partial charge in [-0.25, -0.2) is 4.98 Å². The predicted octanol–water partition coefficient (Wildman–Crippen LogP) is 0.573. The van der Waals surface area contributed by atoms with E-state index in [2.05, 4.69) is 35.9 Å². The minimum absolute atomic E-state index is 0.0907. The van der Waals surface area contributed by atoms with Crippen molar-refractivity contribution in [2.75, 3.05) is 51.7 Å². The minimum atomic E-state index is -0.230. The number of nitrogens with zero attached hydrogens (tertiary/aromatic N) is 3. The third-order valence-electron chi connectivity index (χ3n) is 3.40. The van der Waals surface area contributed by atoms with Crippen LogP contribution in [-0.2, 0) is 14.3 Å². The Kier molecular flexibility index (Phi) is 6.29. The molecule has 1 aliphatic rings. The zero-order valence-electron chi connectivity index (χ0n) is 12.4. The normalized spacial score (nSPS) is 16.3. The number of esters is 1. The fourth-order valence-corrected chi connectivity index (χ4v) is 2.55. The minimum Gasteiger partial charge on any atom is -0.468 e. The van der Waals surface area contributed by atoms with Crippen molar-refractivity contribution in [3.05, 3.63) is 22.8 Å². The third-order valence-corrected chi connectivity index (χ3v) is 3.90. The largest absolute Gasteiger partial charge is 0.468 e. The van der Waals surface area contributed by atoms with E-state index in [9.17, 15) is 9.59 Å². The van der Waals surface area contributed by atoms with Crippen LogP contribution in [0.25, 0.3) is 0 Å². The number of halogens is 1. The molecule has 0 radical (unpaired) electrons. The second-order valence-electron chi connectivity index (χ2n) is 5.04. The number of rotatable bonds is 5. The van der Waals surface area contributed by atoms with Gasteiger partial charge in [-0.15, -0.1) is 0 Å². The number of aromatic nitrogens is 1. The summed E-state index contributed by atoms with van der Waals surface area (Å²) in [5.41, 5.74) is 0. The number of hydrogen-bond donors (Lipinski definition) is 1. The average Bonchev–Trinajstić information content (AvgIpc) is 2.49. The number of anilines is 1. The van der Waals surface area contributed by atoms with E-state index in [1.165, 1.54) is 7.11 Å². The molecule has 1 fully saturated rings. The molecule has 0 bridgehead atoms. The molecule has 1 saturated heterocycles. The van der Waals surface area contributed by atoms with E-state index < -0.39 is 0 Å². The predicted molar refractivity (Wildman–Crippen MR) is 85.5 cm³/mol. The van der Waals surface area contributed by atoms with E-state index in [1.54, 1.807) is 18.3 Å². The monoisotopic (exact) mass is 370 g/mol. The maximum Gasteiger partial charge on any atom is 0.319 e. The summed E-state index contributed by atoms with van der Waals surface area (Å²) in [6.45, 7) is 3.61. The first-order valence-electron chi connectivity index (χ1n) is 7.00. The molecule has 120 valence electrons. The van der Waals surface area contributed by atoms with Gasteiger partial charge in [0.1, 0.15) is 5.82 Å². The Labute approximate surface area is 137 Å². The van der Waals surface area contributed by atoms with Crippen LogP contribution in [0.15, 0.2) is 22.8 Å². The van der Waals surface area contributed by atoms with Crippen LogP contribution in [0.4, 0.5) is 5.82 Å². The van der Waals surface area contributed by atoms with Crippen molar-refractivity contribution < 1.29 is 14.3 Å². The zero-order chi connectivity index (χ0) is 15.9. The molecule has 7 nitrogen and oxygen atoms in total. The van der Waals surface area contributed by atoms with Gasteiger partial charge in [0.05, 0.1) is 20.2 Å². The molecule has 0 unspecified atom stereocenters. The van der Waals surface area contributed by atoms with Crippen LogP contribution >= 0.6 is 15.9 Å². The molecule has 1 aromatic heterocycles. The van der Waals surface area contributed by atoms with Crippen LogP contribution in [0.5, 0.6) is 0 Å². The van der Waals surface area contributed by atoms with Crippen LogP contribution < -0.4 is 5.32 Å². The van der Waals surface area contributed by atoms with Crippen molar-refractivity contribution in [2.45, 2.75) is 0 Å². The third kappa shape index (κ3) is 5.36. The van der Waals surface area contributed by atoms with E-state index in [4.69, 9.17) is 0 Å². The van der Waals surface area contributed by atoms with Crippen LogP contribution in [0, 0.1) is 0 Å². The highest BCUT2D eigenvalue weighted by Gasteiger charge is 2.20. The molecule has 2 heterocycles. The lowest BCUT2D eigenvalue weighted by molar-refractivity contribution is -0.142. The van der Waals surface area contributed by atoms with Gasteiger partial charge in [0, 0.05) is 36.8 Å². The quantitative estimate of drug-likeness (QED) is 0.763. The number of amides is 1. The van der Waals surface area contributed by atoms with Gasteiger partial charge in [0.25, 0.3) is 0 Å². The second-order valence-corrected chi connectivity index (χ2v) is 5.95. The molecule has 0 aliphatic carbocycles. The van der Waals surface area contributed by atoms with Crippen molar-refractivity contribution in [1.29, 1.82) is 0 Å². The molecule has 22 heavy (non-hydrogen) atoms. The molecule has 8 heteroatoms. The van der Waals surface area contributed by atoms with Crippen LogP contribution in [0.2, 0.25) is 0 Å². The summed E-state index contributed by atoms with van der Waals surface area (Å²) in [5.74, 6) is 0.211. The maximum absolute atomic E-state index is 12.0. The molecular formula is C14H19BrN4O3. The van der Waals surface area contributed by atoms with Gasteiger partial charge in [0.15, 0.2) is 0 Å². The summed E-state index contributed by atoms with van der Waals surface area (Å²) < 4.78 is 5.52. The fraction of sp³-hybridized carbons (Fsp3) is 0.500. The second kappa shape index (κ2) is 8.21. The van der Waals surface area contributed by atoms with Crippen LogP contribution in [-0.4, -0.2) is 73.0 Å². The number of carbonyl (C=O) groups excluding carboxylic acids is 2. The van der Waals surface area contributed by atoms with E-state index in [0.29, 0.717) is 18.9 Å². The van der Waals surface area contributed by atoms with Gasteiger partial charge in [0.2, 0.25) is 5.91 Å². The number of pyridine rings is 1. The van der Waals surface area contributed by atoms with Gasteiger partial charge >= 0.3 is 5.97 Å². The van der Waals surface area contributed by atoms with Gasteiger partial charge in [-0.3, -0.25) is 19.4 Å². The lowest BCUT2D eigenvalue weighted by Crippen LogP contribution is -2.49. The summed E-state index contributed by atoms with van der Waals surface area (Å²) in [5, 5.41) is 2.77. The number of ether oxygens (including phenoxy) is 1. The van der Waals surface area contributed by atoms with E-state index >= 15 is 0 Å². The van der Waals surface area contributed by atoms with Gasteiger partial charge in [-0.05, 0) is 12.1 Å². The molecule has 0 spiro atoms. The molecule has 0 aromatic carbocycles. The van der Waals surface area contributed by atoms with Crippen LogP contribution in [0.3, 0.4) is 0 Å². The number of hydrogen-bond acceptors (Lipinski definition) is 6. The Morgan fingerprint density at radius 3 is 2.50 bits per heavy atom. The summed E-state index contributed by atoms with van der Waals surface area (Å²) in [7, 11) is 1.39. The smallest absolute Gasteiger partial charge is 0.319 e. The lowest BCUT2D eigenvalue weighted by atomic mass is 10.3. The SMILES string of the molecule is COC(=O)CN1CCN(CC(=O)Nc2cc(Br)ccn2)CC1. The first-order valence-corrected chi connectivity index (χ1v) is 7.79. The molecule has 0 saturated carbocycles.